The average Bonchev–Trinajstić information content (AvgIpc) is 2.28. The number of halogens is 1. The molecule has 0 aliphatic carbocycles. The second kappa shape index (κ2) is 6.05. The Morgan fingerprint density at radius 2 is 2.18 bits per heavy atom. The molecular formula is C13H18BrNO2. The largest absolute Gasteiger partial charge is 0.478 e. The first kappa shape index (κ1) is 14.0. The van der Waals surface area contributed by atoms with Crippen LogP contribution in [0.2, 0.25) is 0 Å². The number of carboxylic acid groups (broad SMARTS) is 1. The van der Waals surface area contributed by atoms with Gasteiger partial charge in [0.05, 0.1) is 11.3 Å². The maximum atomic E-state index is 11.2. The lowest BCUT2D eigenvalue weighted by atomic mass is 10.1. The maximum Gasteiger partial charge on any atom is 0.337 e. The molecule has 0 bridgehead atoms. The standard InChI is InChI=1S/C13H18BrNO2/c1-4-5-9(2)15(3)12-7-6-10(14)8-11(12)13(16)17/h6-9H,4-5H2,1-3H3,(H,16,17). The molecule has 4 heteroatoms. The first-order chi connectivity index (χ1) is 7.97. The van der Waals surface area contributed by atoms with Gasteiger partial charge >= 0.3 is 5.97 Å². The molecule has 0 spiro atoms. The highest BCUT2D eigenvalue weighted by molar-refractivity contribution is 9.10. The smallest absolute Gasteiger partial charge is 0.337 e. The molecule has 0 aliphatic rings. The summed E-state index contributed by atoms with van der Waals surface area (Å²) in [7, 11) is 1.94. The van der Waals surface area contributed by atoms with E-state index in [1.54, 1.807) is 6.07 Å². The van der Waals surface area contributed by atoms with Gasteiger partial charge in [-0.25, -0.2) is 4.79 Å². The molecule has 0 saturated heterocycles. The van der Waals surface area contributed by atoms with E-state index >= 15 is 0 Å². The van der Waals surface area contributed by atoms with Gasteiger partial charge in [-0.1, -0.05) is 29.3 Å². The zero-order valence-corrected chi connectivity index (χ0v) is 12.0. The van der Waals surface area contributed by atoms with E-state index in [1.807, 2.05) is 24.1 Å². The zero-order valence-electron chi connectivity index (χ0n) is 10.4. The Kier molecular flexibility index (Phi) is 5.00. The predicted molar refractivity (Wildman–Crippen MR) is 73.9 cm³/mol. The zero-order chi connectivity index (χ0) is 13.0. The molecule has 0 fully saturated rings. The van der Waals surface area contributed by atoms with Crippen LogP contribution in [-0.4, -0.2) is 24.2 Å². The number of aromatic carboxylic acids is 1. The quantitative estimate of drug-likeness (QED) is 0.900. The number of benzene rings is 1. The SMILES string of the molecule is CCCC(C)N(C)c1ccc(Br)cc1C(=O)O. The third-order valence-electron chi connectivity index (χ3n) is 2.94. The molecule has 3 nitrogen and oxygen atoms in total. The molecule has 1 rings (SSSR count). The van der Waals surface area contributed by atoms with Crippen LogP contribution in [0.1, 0.15) is 37.0 Å². The van der Waals surface area contributed by atoms with E-state index in [1.165, 1.54) is 0 Å². The van der Waals surface area contributed by atoms with Crippen LogP contribution in [0.3, 0.4) is 0 Å². The Hall–Kier alpha value is -1.03. The lowest BCUT2D eigenvalue weighted by Gasteiger charge is -2.28. The minimum Gasteiger partial charge on any atom is -0.478 e. The molecule has 0 aliphatic heterocycles. The van der Waals surface area contributed by atoms with Crippen LogP contribution in [0.4, 0.5) is 5.69 Å². The fraction of sp³-hybridized carbons (Fsp3) is 0.462. The summed E-state index contributed by atoms with van der Waals surface area (Å²) in [6.45, 7) is 4.24. The van der Waals surface area contributed by atoms with Gasteiger partial charge in [0.15, 0.2) is 0 Å². The Bertz CT molecular complexity index is 406. The van der Waals surface area contributed by atoms with Crippen LogP contribution in [0.25, 0.3) is 0 Å². The van der Waals surface area contributed by atoms with Gasteiger partial charge in [-0.05, 0) is 31.5 Å². The van der Waals surface area contributed by atoms with Crippen molar-refractivity contribution in [2.75, 3.05) is 11.9 Å². The average molecular weight is 300 g/mol. The summed E-state index contributed by atoms with van der Waals surface area (Å²) in [6, 6.07) is 5.70. The maximum absolute atomic E-state index is 11.2. The number of hydrogen-bond donors (Lipinski definition) is 1. The monoisotopic (exact) mass is 299 g/mol. The second-order valence-electron chi connectivity index (χ2n) is 4.22. The summed E-state index contributed by atoms with van der Waals surface area (Å²) in [5.41, 5.74) is 1.10. The first-order valence-corrected chi connectivity index (χ1v) is 6.52. The summed E-state index contributed by atoms with van der Waals surface area (Å²) in [5, 5.41) is 9.20. The molecular weight excluding hydrogens is 282 g/mol. The van der Waals surface area contributed by atoms with E-state index in [4.69, 9.17) is 0 Å². The van der Waals surface area contributed by atoms with Gasteiger partial charge in [0.2, 0.25) is 0 Å². The summed E-state index contributed by atoms with van der Waals surface area (Å²) in [4.78, 5) is 13.2. The van der Waals surface area contributed by atoms with E-state index in [9.17, 15) is 9.90 Å². The minimum atomic E-state index is -0.892. The highest BCUT2D eigenvalue weighted by atomic mass is 79.9. The van der Waals surface area contributed by atoms with Crippen LogP contribution >= 0.6 is 15.9 Å². The van der Waals surface area contributed by atoms with E-state index in [2.05, 4.69) is 29.8 Å². The van der Waals surface area contributed by atoms with Crippen molar-refractivity contribution in [1.29, 1.82) is 0 Å². The molecule has 0 heterocycles. The van der Waals surface area contributed by atoms with Crippen LogP contribution in [-0.2, 0) is 0 Å². The number of carbonyl (C=O) groups is 1. The summed E-state index contributed by atoms with van der Waals surface area (Å²) in [5.74, 6) is -0.892. The molecule has 0 amide bonds. The Labute approximate surface area is 111 Å². The number of hydrogen-bond acceptors (Lipinski definition) is 2. The lowest BCUT2D eigenvalue weighted by molar-refractivity contribution is 0.0697. The van der Waals surface area contributed by atoms with Gasteiger partial charge in [-0.2, -0.15) is 0 Å². The summed E-state index contributed by atoms with van der Waals surface area (Å²) >= 11 is 3.30. The number of rotatable bonds is 5. The molecule has 1 N–H and O–H groups in total. The van der Waals surface area contributed by atoms with Crippen molar-refractivity contribution in [1.82, 2.24) is 0 Å². The van der Waals surface area contributed by atoms with E-state index in [0.29, 0.717) is 11.6 Å². The molecule has 17 heavy (non-hydrogen) atoms. The topological polar surface area (TPSA) is 40.5 Å². The molecule has 0 radical (unpaired) electrons. The van der Waals surface area contributed by atoms with Crippen LogP contribution in [0, 0.1) is 0 Å². The highest BCUT2D eigenvalue weighted by Crippen LogP contribution is 2.26. The van der Waals surface area contributed by atoms with Crippen molar-refractivity contribution < 1.29 is 9.90 Å². The van der Waals surface area contributed by atoms with E-state index in [0.717, 1.165) is 23.0 Å². The van der Waals surface area contributed by atoms with Gasteiger partial charge < -0.3 is 10.0 Å². The molecule has 0 aromatic heterocycles. The third-order valence-corrected chi connectivity index (χ3v) is 3.43. The fourth-order valence-corrected chi connectivity index (χ4v) is 2.20. The predicted octanol–water partition coefficient (Wildman–Crippen LogP) is 3.77. The molecule has 1 aromatic carbocycles. The first-order valence-electron chi connectivity index (χ1n) is 5.73. The molecule has 1 unspecified atom stereocenters. The minimum absolute atomic E-state index is 0.333. The van der Waals surface area contributed by atoms with Crippen molar-refractivity contribution in [3.8, 4) is 0 Å². The second-order valence-corrected chi connectivity index (χ2v) is 5.13. The number of nitrogens with zero attached hydrogens (tertiary/aromatic N) is 1. The highest BCUT2D eigenvalue weighted by Gasteiger charge is 2.17. The van der Waals surface area contributed by atoms with Crippen LogP contribution in [0.15, 0.2) is 22.7 Å². The Balaban J connectivity index is 3.08. The van der Waals surface area contributed by atoms with Crippen molar-refractivity contribution in [3.63, 3.8) is 0 Å². The normalized spacial score (nSPS) is 12.2. The van der Waals surface area contributed by atoms with Gasteiger partial charge in [-0.15, -0.1) is 0 Å². The fourth-order valence-electron chi connectivity index (χ4n) is 1.84. The lowest BCUT2D eigenvalue weighted by Crippen LogP contribution is -2.30. The van der Waals surface area contributed by atoms with Crippen molar-refractivity contribution in [2.24, 2.45) is 0 Å². The third kappa shape index (κ3) is 3.46. The van der Waals surface area contributed by atoms with Crippen LogP contribution in [0.5, 0.6) is 0 Å². The number of anilines is 1. The van der Waals surface area contributed by atoms with E-state index in [-0.39, 0.29) is 0 Å². The molecule has 1 aromatic rings. The summed E-state index contributed by atoms with van der Waals surface area (Å²) < 4.78 is 0.787. The van der Waals surface area contributed by atoms with Gasteiger partial charge in [0, 0.05) is 17.6 Å². The van der Waals surface area contributed by atoms with Gasteiger partial charge in [0.25, 0.3) is 0 Å². The molecule has 94 valence electrons. The van der Waals surface area contributed by atoms with Crippen molar-refractivity contribution in [2.45, 2.75) is 32.7 Å². The molecule has 0 saturated carbocycles. The van der Waals surface area contributed by atoms with Gasteiger partial charge in [-0.3, -0.25) is 0 Å². The summed E-state index contributed by atoms with van der Waals surface area (Å²) in [6.07, 6.45) is 2.13. The van der Waals surface area contributed by atoms with Crippen molar-refractivity contribution in [3.05, 3.63) is 28.2 Å². The van der Waals surface area contributed by atoms with E-state index < -0.39 is 5.97 Å². The number of carboxylic acids is 1. The Morgan fingerprint density at radius 1 is 1.53 bits per heavy atom. The van der Waals surface area contributed by atoms with Crippen molar-refractivity contribution >= 4 is 27.6 Å². The molecule has 1 atom stereocenters. The Morgan fingerprint density at radius 3 is 2.71 bits per heavy atom. The van der Waals surface area contributed by atoms with Gasteiger partial charge in [0.1, 0.15) is 0 Å². The van der Waals surface area contributed by atoms with Crippen LogP contribution < -0.4 is 4.90 Å².